The lowest BCUT2D eigenvalue weighted by atomic mass is 9.96. The predicted octanol–water partition coefficient (Wildman–Crippen LogP) is 5.73. The fourth-order valence-corrected chi connectivity index (χ4v) is 5.20. The molecule has 170 valence electrons. The molecule has 0 radical (unpaired) electrons. The van der Waals surface area contributed by atoms with Crippen LogP contribution in [-0.2, 0) is 9.59 Å². The van der Waals surface area contributed by atoms with Gasteiger partial charge in [-0.2, -0.15) is 0 Å². The molecule has 3 heterocycles. The molecule has 34 heavy (non-hydrogen) atoms. The number of hydrogen-bond acceptors (Lipinski definition) is 6. The molecule has 1 fully saturated rings. The number of thiazole rings is 1. The molecule has 0 aliphatic carbocycles. The highest BCUT2D eigenvalue weighted by Gasteiger charge is 2.48. The first-order valence-electron chi connectivity index (χ1n) is 10.3. The average Bonchev–Trinajstić information content (AvgIpc) is 3.33. The van der Waals surface area contributed by atoms with E-state index in [1.807, 2.05) is 13.0 Å². The SMILES string of the molecule is Cc1cc(/C(O)=C2\C(=O)C(=O)N(c3nc4cc(Cl)c(C)cc4s3)C2c2cccnc2)ccc1F. The molecule has 1 N–H and O–H groups in total. The molecule has 0 bridgehead atoms. The summed E-state index contributed by atoms with van der Waals surface area (Å²) in [7, 11) is 0. The smallest absolute Gasteiger partial charge is 0.301 e. The number of halogens is 2. The first-order valence-corrected chi connectivity index (χ1v) is 11.5. The highest BCUT2D eigenvalue weighted by Crippen LogP contribution is 2.44. The molecule has 2 aromatic carbocycles. The second kappa shape index (κ2) is 8.30. The third-order valence-electron chi connectivity index (χ3n) is 5.74. The van der Waals surface area contributed by atoms with Gasteiger partial charge in [0, 0.05) is 23.0 Å². The van der Waals surface area contributed by atoms with Crippen LogP contribution in [0.1, 0.15) is 28.3 Å². The lowest BCUT2D eigenvalue weighted by molar-refractivity contribution is -0.132. The Morgan fingerprint density at radius 2 is 1.94 bits per heavy atom. The Labute approximate surface area is 203 Å². The Hall–Kier alpha value is -3.62. The summed E-state index contributed by atoms with van der Waals surface area (Å²) in [5.41, 5.74) is 2.40. The van der Waals surface area contributed by atoms with Gasteiger partial charge in [0.05, 0.1) is 21.8 Å². The van der Waals surface area contributed by atoms with Crippen LogP contribution in [0.4, 0.5) is 9.52 Å². The summed E-state index contributed by atoms with van der Waals surface area (Å²) in [6.45, 7) is 3.42. The topological polar surface area (TPSA) is 83.4 Å². The normalized spacial score (nSPS) is 17.6. The van der Waals surface area contributed by atoms with Crippen LogP contribution in [0.15, 0.2) is 60.4 Å². The molecule has 1 aliphatic rings. The Morgan fingerprint density at radius 3 is 2.65 bits per heavy atom. The minimum Gasteiger partial charge on any atom is -0.507 e. The number of rotatable bonds is 3. The summed E-state index contributed by atoms with van der Waals surface area (Å²) in [6.07, 6.45) is 3.10. The number of aryl methyl sites for hydroxylation is 2. The van der Waals surface area contributed by atoms with Gasteiger partial charge in [0.15, 0.2) is 5.13 Å². The van der Waals surface area contributed by atoms with Crippen LogP contribution < -0.4 is 4.90 Å². The van der Waals surface area contributed by atoms with Crippen molar-refractivity contribution in [2.24, 2.45) is 0 Å². The number of carbonyl (C=O) groups is 2. The van der Waals surface area contributed by atoms with Gasteiger partial charge in [-0.05, 0) is 66.9 Å². The molecule has 0 spiro atoms. The van der Waals surface area contributed by atoms with Crippen molar-refractivity contribution < 1.29 is 19.1 Å². The van der Waals surface area contributed by atoms with E-state index in [-0.39, 0.29) is 11.1 Å². The Kier molecular flexibility index (Phi) is 5.42. The maximum absolute atomic E-state index is 13.8. The zero-order chi connectivity index (χ0) is 24.1. The van der Waals surface area contributed by atoms with Crippen molar-refractivity contribution in [2.45, 2.75) is 19.9 Å². The molecule has 1 amide bonds. The molecule has 6 nitrogen and oxygen atoms in total. The molecule has 5 rings (SSSR count). The number of anilines is 1. The van der Waals surface area contributed by atoms with Crippen LogP contribution in [0, 0.1) is 19.7 Å². The lowest BCUT2D eigenvalue weighted by Gasteiger charge is -2.22. The van der Waals surface area contributed by atoms with Crippen molar-refractivity contribution in [3.05, 3.63) is 93.5 Å². The zero-order valence-corrected chi connectivity index (χ0v) is 19.6. The standard InChI is InChI=1S/C25H17ClFN3O3S/c1-12-9-19-18(10-16(12)26)29-25(34-19)30-21(15-4-3-7-28-11-15)20(23(32)24(30)33)22(31)14-5-6-17(27)13(2)8-14/h3-11,21,31H,1-2H3/b22-20+. The number of pyridine rings is 1. The maximum atomic E-state index is 13.8. The van der Waals surface area contributed by atoms with E-state index in [1.165, 1.54) is 40.6 Å². The molecular formula is C25H17ClFN3O3S. The van der Waals surface area contributed by atoms with Crippen LogP contribution in [0.25, 0.3) is 16.0 Å². The molecule has 1 unspecified atom stereocenters. The fourth-order valence-electron chi connectivity index (χ4n) is 3.97. The first kappa shape index (κ1) is 22.2. The molecule has 4 aromatic rings. The number of aliphatic hydroxyl groups excluding tert-OH is 1. The van der Waals surface area contributed by atoms with Gasteiger partial charge in [-0.25, -0.2) is 9.37 Å². The zero-order valence-electron chi connectivity index (χ0n) is 18.0. The van der Waals surface area contributed by atoms with E-state index in [0.29, 0.717) is 26.8 Å². The quantitative estimate of drug-likeness (QED) is 0.224. The van der Waals surface area contributed by atoms with E-state index in [0.717, 1.165) is 10.3 Å². The predicted molar refractivity (Wildman–Crippen MR) is 130 cm³/mol. The van der Waals surface area contributed by atoms with Crippen LogP contribution in [0.3, 0.4) is 0 Å². The van der Waals surface area contributed by atoms with Crippen molar-refractivity contribution in [1.82, 2.24) is 9.97 Å². The molecule has 0 saturated carbocycles. The lowest BCUT2D eigenvalue weighted by Crippen LogP contribution is -2.29. The van der Waals surface area contributed by atoms with Gasteiger partial charge in [-0.15, -0.1) is 0 Å². The fraction of sp³-hybridized carbons (Fsp3) is 0.120. The number of amides is 1. The number of nitrogens with zero attached hydrogens (tertiary/aromatic N) is 3. The van der Waals surface area contributed by atoms with Gasteiger partial charge in [0.1, 0.15) is 11.6 Å². The molecule has 1 saturated heterocycles. The van der Waals surface area contributed by atoms with E-state index in [4.69, 9.17) is 11.6 Å². The van der Waals surface area contributed by atoms with Crippen molar-refractivity contribution in [1.29, 1.82) is 0 Å². The number of Topliss-reactive ketones (excluding diaryl/α,β-unsaturated/α-hetero) is 1. The molecule has 1 atom stereocenters. The highest BCUT2D eigenvalue weighted by molar-refractivity contribution is 7.22. The summed E-state index contributed by atoms with van der Waals surface area (Å²) < 4.78 is 14.6. The van der Waals surface area contributed by atoms with E-state index in [2.05, 4.69) is 9.97 Å². The summed E-state index contributed by atoms with van der Waals surface area (Å²) in [4.78, 5) is 36.4. The molecule has 2 aromatic heterocycles. The van der Waals surface area contributed by atoms with Crippen molar-refractivity contribution in [2.75, 3.05) is 4.90 Å². The number of ketones is 1. The van der Waals surface area contributed by atoms with Gasteiger partial charge in [0.2, 0.25) is 0 Å². The van der Waals surface area contributed by atoms with Crippen LogP contribution >= 0.6 is 22.9 Å². The van der Waals surface area contributed by atoms with E-state index >= 15 is 0 Å². The monoisotopic (exact) mass is 493 g/mol. The Morgan fingerprint density at radius 1 is 1.15 bits per heavy atom. The minimum atomic E-state index is -0.962. The van der Waals surface area contributed by atoms with Crippen LogP contribution in [0.2, 0.25) is 5.02 Å². The van der Waals surface area contributed by atoms with Crippen molar-refractivity contribution in [3.63, 3.8) is 0 Å². The van der Waals surface area contributed by atoms with Crippen molar-refractivity contribution in [3.8, 4) is 0 Å². The van der Waals surface area contributed by atoms with Gasteiger partial charge < -0.3 is 5.11 Å². The summed E-state index contributed by atoms with van der Waals surface area (Å²) in [6, 6.07) is 10.0. The molecular weight excluding hydrogens is 477 g/mol. The second-order valence-electron chi connectivity index (χ2n) is 7.98. The first-order chi connectivity index (χ1) is 16.3. The highest BCUT2D eigenvalue weighted by atomic mass is 35.5. The third-order valence-corrected chi connectivity index (χ3v) is 7.16. The largest absolute Gasteiger partial charge is 0.507 e. The van der Waals surface area contributed by atoms with E-state index in [1.54, 1.807) is 31.3 Å². The number of fused-ring (bicyclic) bond motifs is 1. The number of aliphatic hydroxyl groups is 1. The summed E-state index contributed by atoms with van der Waals surface area (Å²) in [5, 5.41) is 12.0. The van der Waals surface area contributed by atoms with Gasteiger partial charge in [-0.3, -0.25) is 19.5 Å². The van der Waals surface area contributed by atoms with Crippen LogP contribution in [-0.4, -0.2) is 26.8 Å². The van der Waals surface area contributed by atoms with Gasteiger partial charge >= 0.3 is 5.91 Å². The third kappa shape index (κ3) is 3.55. The maximum Gasteiger partial charge on any atom is 0.301 e. The number of benzene rings is 2. The molecule has 9 heteroatoms. The van der Waals surface area contributed by atoms with Gasteiger partial charge in [-0.1, -0.05) is 29.0 Å². The number of hydrogen-bond donors (Lipinski definition) is 1. The minimum absolute atomic E-state index is 0.113. The summed E-state index contributed by atoms with van der Waals surface area (Å²) in [5.74, 6) is -2.51. The number of aromatic nitrogens is 2. The number of carbonyl (C=O) groups excluding carboxylic acids is 2. The van der Waals surface area contributed by atoms with Gasteiger partial charge in [0.25, 0.3) is 5.78 Å². The average molecular weight is 494 g/mol. The summed E-state index contributed by atoms with van der Waals surface area (Å²) >= 11 is 7.49. The Bertz CT molecular complexity index is 1480. The Balaban J connectivity index is 1.73. The molecule has 1 aliphatic heterocycles. The van der Waals surface area contributed by atoms with E-state index < -0.39 is 29.3 Å². The second-order valence-corrected chi connectivity index (χ2v) is 9.40. The van der Waals surface area contributed by atoms with Crippen LogP contribution in [0.5, 0.6) is 0 Å². The van der Waals surface area contributed by atoms with Crippen molar-refractivity contribution >= 4 is 55.7 Å². The van der Waals surface area contributed by atoms with E-state index in [9.17, 15) is 19.1 Å².